The summed E-state index contributed by atoms with van der Waals surface area (Å²) in [4.78, 5) is 73.9. The smallest absolute Gasteiger partial charge is 0.253 e. The van der Waals surface area contributed by atoms with Crippen molar-refractivity contribution in [3.05, 3.63) is 74.8 Å². The molecule has 1 aliphatic heterocycles. The number of nitrogens with zero attached hydrogens (tertiary/aromatic N) is 3. The number of carbonyl (C=O) groups excluding carboxylic acids is 4. The second-order valence-corrected chi connectivity index (χ2v) is 17.0. The first-order valence-corrected chi connectivity index (χ1v) is 21.7. The van der Waals surface area contributed by atoms with E-state index < -0.39 is 6.04 Å². The van der Waals surface area contributed by atoms with E-state index in [1.54, 1.807) is 12.3 Å². The Morgan fingerprint density at radius 3 is 2.11 bits per heavy atom. The highest BCUT2D eigenvalue weighted by Crippen LogP contribution is 2.30. The Morgan fingerprint density at radius 1 is 0.889 bits per heavy atom. The minimum Gasteiger partial charge on any atom is -0.382 e. The number of hydrogen-bond donors (Lipinski definition) is 6. The molecule has 1 saturated heterocycles. The van der Waals surface area contributed by atoms with Crippen molar-refractivity contribution in [1.29, 1.82) is 5.41 Å². The fraction of sp³-hybridized carbons (Fsp3) is 0.543. The molecule has 3 aromatic rings. The lowest BCUT2D eigenvalue weighted by Gasteiger charge is -2.35. The van der Waals surface area contributed by atoms with Crippen molar-refractivity contribution in [1.82, 2.24) is 30.8 Å². The van der Waals surface area contributed by atoms with Crippen LogP contribution in [-0.4, -0.2) is 136 Å². The van der Waals surface area contributed by atoms with Gasteiger partial charge in [0.2, 0.25) is 11.8 Å². The lowest BCUT2D eigenvalue weighted by molar-refractivity contribution is -0.126. The number of H-pyrrole nitrogens is 1. The molecule has 3 amide bonds. The molecule has 0 radical (unpaired) electrons. The molecule has 0 aliphatic carbocycles. The Kier molecular flexibility index (Phi) is 19.9. The number of aldehydes is 1. The number of aromatic nitrogens is 2. The van der Waals surface area contributed by atoms with Crippen molar-refractivity contribution >= 4 is 41.7 Å². The molecule has 0 bridgehead atoms. The first-order chi connectivity index (χ1) is 30.1. The number of hydrogen-bond acceptors (Lipinski definition) is 13. The first kappa shape index (κ1) is 50.2. The van der Waals surface area contributed by atoms with Crippen molar-refractivity contribution in [3.8, 4) is 11.1 Å². The number of aryl methyl sites for hydroxylation is 2. The highest BCUT2D eigenvalue weighted by molar-refractivity contribution is 6.06. The molecule has 1 fully saturated rings. The summed E-state index contributed by atoms with van der Waals surface area (Å²) in [7, 11) is 0. The fourth-order valence-corrected chi connectivity index (χ4v) is 6.92. The van der Waals surface area contributed by atoms with Crippen LogP contribution in [0.5, 0.6) is 0 Å². The summed E-state index contributed by atoms with van der Waals surface area (Å²) >= 11 is 0. The van der Waals surface area contributed by atoms with Crippen molar-refractivity contribution in [2.75, 3.05) is 89.1 Å². The second kappa shape index (κ2) is 25.0. The molecule has 17 nitrogen and oxygen atoms in total. The monoisotopic (exact) mass is 874 g/mol. The molecule has 1 aliphatic rings. The van der Waals surface area contributed by atoms with Gasteiger partial charge in [-0.15, -0.1) is 0 Å². The Labute approximate surface area is 370 Å². The molecule has 3 heterocycles. The van der Waals surface area contributed by atoms with Gasteiger partial charge >= 0.3 is 0 Å². The molecule has 6 N–H and O–H groups in total. The molecule has 0 spiro atoms. The van der Waals surface area contributed by atoms with Crippen LogP contribution in [0.4, 0.5) is 11.5 Å². The van der Waals surface area contributed by atoms with E-state index >= 15 is 0 Å². The minimum atomic E-state index is -0.545. The van der Waals surface area contributed by atoms with Gasteiger partial charge in [-0.3, -0.25) is 24.1 Å². The predicted octanol–water partition coefficient (Wildman–Crippen LogP) is 3.60. The summed E-state index contributed by atoms with van der Waals surface area (Å²) in [5, 5.41) is 20.1. The maximum absolute atomic E-state index is 13.6. The van der Waals surface area contributed by atoms with Crippen molar-refractivity contribution in [2.45, 2.75) is 79.9 Å². The molecule has 63 heavy (non-hydrogen) atoms. The molecule has 1 unspecified atom stereocenters. The van der Waals surface area contributed by atoms with Crippen LogP contribution < -0.4 is 31.7 Å². The van der Waals surface area contributed by atoms with E-state index in [1.807, 2.05) is 72.7 Å². The molecule has 2 aromatic heterocycles. The zero-order valence-electron chi connectivity index (χ0n) is 38.0. The van der Waals surface area contributed by atoms with Crippen molar-refractivity contribution in [3.63, 3.8) is 0 Å². The second-order valence-electron chi connectivity index (χ2n) is 17.0. The van der Waals surface area contributed by atoms with Gasteiger partial charge in [0, 0.05) is 105 Å². The third-order valence-corrected chi connectivity index (χ3v) is 10.5. The van der Waals surface area contributed by atoms with Gasteiger partial charge in [-0.25, -0.2) is 4.98 Å². The number of rotatable bonds is 25. The van der Waals surface area contributed by atoms with E-state index in [0.29, 0.717) is 62.0 Å². The van der Waals surface area contributed by atoms with Gasteiger partial charge in [0.25, 0.3) is 11.5 Å². The van der Waals surface area contributed by atoms with Crippen molar-refractivity contribution in [2.24, 2.45) is 5.41 Å². The fourth-order valence-electron chi connectivity index (χ4n) is 6.92. The SMILES string of the molecule is Cc1cc(C)c(CNC(=O)c2cc(-c3ccc(N4CCN(CCNC(=O)CCOCCOCCOCCC(=O)NC(C=O)C(C)(C)C)CC4)nc3)cc(NC(C)C)c2C=N)c(=O)[nH]1. The van der Waals surface area contributed by atoms with Crippen molar-refractivity contribution < 1.29 is 33.4 Å². The maximum atomic E-state index is 13.6. The minimum absolute atomic E-state index is 0.0507. The lowest BCUT2D eigenvalue weighted by Crippen LogP contribution is -2.48. The molecular weight excluding hydrogens is 807 g/mol. The van der Waals surface area contributed by atoms with E-state index in [9.17, 15) is 24.0 Å². The molecule has 1 aromatic carbocycles. The van der Waals surface area contributed by atoms with Gasteiger partial charge in [-0.1, -0.05) is 20.8 Å². The number of ether oxygens (including phenoxy) is 3. The number of benzene rings is 1. The number of pyridine rings is 2. The Morgan fingerprint density at radius 2 is 1.54 bits per heavy atom. The highest BCUT2D eigenvalue weighted by atomic mass is 16.5. The highest BCUT2D eigenvalue weighted by Gasteiger charge is 2.25. The Balaban J connectivity index is 1.14. The number of anilines is 2. The third-order valence-electron chi connectivity index (χ3n) is 10.5. The van der Waals surface area contributed by atoms with Gasteiger partial charge in [0.15, 0.2) is 0 Å². The normalized spacial score (nSPS) is 13.7. The zero-order valence-corrected chi connectivity index (χ0v) is 38.0. The summed E-state index contributed by atoms with van der Waals surface area (Å²) in [6.45, 7) is 19.8. The molecule has 344 valence electrons. The standard InChI is InChI=1S/C46H67N9O8/c1-31(2)51-39-26-35(25-36(37(39)27-47)44(59)50-29-38-32(3)24-33(4)52-45(38)60)34-8-9-41(49-28-34)55-16-14-54(15-17-55)13-12-48-42(57)10-18-61-20-22-63-23-21-62-19-11-43(58)53-40(30-56)46(5,6)7/h8-9,24-28,30-31,40,47,51H,10-23,29H2,1-7H3,(H,48,57)(H,50,59)(H,52,60)(H,53,58). The van der Waals surface area contributed by atoms with Crippen LogP contribution in [0.3, 0.4) is 0 Å². The predicted molar refractivity (Wildman–Crippen MR) is 245 cm³/mol. The largest absolute Gasteiger partial charge is 0.382 e. The van der Waals surface area contributed by atoms with Gasteiger partial charge < -0.3 is 55.6 Å². The van der Waals surface area contributed by atoms with Crippen LogP contribution in [-0.2, 0) is 35.1 Å². The molecule has 4 rings (SSSR count). The van der Waals surface area contributed by atoms with Crippen LogP contribution in [0.15, 0.2) is 41.3 Å². The number of piperazine rings is 1. The van der Waals surface area contributed by atoms with Gasteiger partial charge in [0.05, 0.1) is 51.2 Å². The average molecular weight is 874 g/mol. The van der Waals surface area contributed by atoms with Crippen LogP contribution in [0.2, 0.25) is 0 Å². The first-order valence-electron chi connectivity index (χ1n) is 21.7. The van der Waals surface area contributed by atoms with Crippen LogP contribution >= 0.6 is 0 Å². The van der Waals surface area contributed by atoms with E-state index in [-0.39, 0.29) is 60.7 Å². The van der Waals surface area contributed by atoms with Gasteiger partial charge in [-0.05, 0) is 74.6 Å². The van der Waals surface area contributed by atoms with E-state index in [1.165, 1.54) is 6.21 Å². The van der Waals surface area contributed by atoms with E-state index in [4.69, 9.17) is 24.6 Å². The van der Waals surface area contributed by atoms with Crippen LogP contribution in [0.25, 0.3) is 11.1 Å². The Hall–Kier alpha value is -5.49. The molecule has 1 atom stereocenters. The molecule has 0 saturated carbocycles. The summed E-state index contributed by atoms with van der Waals surface area (Å²) in [6.07, 6.45) is 4.15. The Bertz CT molecular complexity index is 2040. The number of nitrogens with one attached hydrogen (secondary N) is 6. The third kappa shape index (κ3) is 16.3. The summed E-state index contributed by atoms with van der Waals surface area (Å²) < 4.78 is 16.5. The van der Waals surface area contributed by atoms with Gasteiger partial charge in [-0.2, -0.15) is 0 Å². The molecular formula is C46H67N9O8. The average Bonchev–Trinajstić information content (AvgIpc) is 3.23. The summed E-state index contributed by atoms with van der Waals surface area (Å²) in [5.41, 5.74) is 4.46. The topological polar surface area (TPSA) is 220 Å². The maximum Gasteiger partial charge on any atom is 0.253 e. The van der Waals surface area contributed by atoms with Crippen LogP contribution in [0.1, 0.15) is 80.2 Å². The number of carbonyl (C=O) groups is 4. The zero-order chi connectivity index (χ0) is 45.9. The van der Waals surface area contributed by atoms with E-state index in [2.05, 4.69) is 36.1 Å². The number of aromatic amines is 1. The number of amides is 3. The lowest BCUT2D eigenvalue weighted by atomic mass is 9.87. The summed E-state index contributed by atoms with van der Waals surface area (Å²) in [6, 6.07) is 9.03. The molecule has 17 heteroatoms. The van der Waals surface area contributed by atoms with E-state index in [0.717, 1.165) is 67.2 Å². The quantitative estimate of drug-likeness (QED) is 0.0409. The van der Waals surface area contributed by atoms with Crippen LogP contribution in [0, 0.1) is 24.7 Å². The summed E-state index contributed by atoms with van der Waals surface area (Å²) in [5.74, 6) is 0.158. The van der Waals surface area contributed by atoms with Gasteiger partial charge in [0.1, 0.15) is 12.1 Å².